The fraction of sp³-hybridized carbons (Fsp3) is 0.829. The van der Waals surface area contributed by atoms with Crippen molar-refractivity contribution >= 4 is 23.7 Å². The Balaban J connectivity index is 1.16. The van der Waals surface area contributed by atoms with Crippen LogP contribution >= 0.6 is 0 Å². The summed E-state index contributed by atoms with van der Waals surface area (Å²) < 4.78 is 29.1. The Morgan fingerprint density at radius 2 is 1.62 bits per heavy atom. The van der Waals surface area contributed by atoms with Gasteiger partial charge in [0.2, 0.25) is 5.91 Å². The number of halogens is 1. The van der Waals surface area contributed by atoms with Crippen LogP contribution in [0.3, 0.4) is 0 Å². The largest absolute Gasteiger partial charge is 0.444 e. The van der Waals surface area contributed by atoms with Crippen LogP contribution in [0.4, 0.5) is 9.18 Å². The van der Waals surface area contributed by atoms with Gasteiger partial charge in [-0.25, -0.2) is 9.18 Å². The van der Waals surface area contributed by atoms with Gasteiger partial charge < -0.3 is 29.5 Å². The van der Waals surface area contributed by atoms with Gasteiger partial charge in [0.25, 0.3) is 5.91 Å². The van der Waals surface area contributed by atoms with E-state index < -0.39 is 35.9 Å². The number of hydrogen-bond donors (Lipinski definition) is 1. The molecule has 0 aromatic heterocycles. The first-order chi connectivity index (χ1) is 22.4. The summed E-state index contributed by atoms with van der Waals surface area (Å²) in [6.07, 6.45) is 6.87. The lowest BCUT2D eigenvalue weighted by atomic mass is 9.64. The lowest BCUT2D eigenvalue weighted by molar-refractivity contribution is -0.219. The molecule has 0 aromatic carbocycles. The summed E-state index contributed by atoms with van der Waals surface area (Å²) in [7, 11) is 0. The Morgan fingerprint density at radius 1 is 0.936 bits per heavy atom. The molecule has 47 heavy (non-hydrogen) atoms. The number of piperazine rings is 1. The molecule has 10 atom stereocenters. The molecule has 7 rings (SSSR count). The number of morpholine rings is 1. The fourth-order valence-electron chi connectivity index (χ4n) is 9.90. The summed E-state index contributed by atoms with van der Waals surface area (Å²) in [5, 5.41) is 2.97. The number of alkyl carbamates (subject to hydrolysis) is 1. The van der Waals surface area contributed by atoms with Gasteiger partial charge in [0.15, 0.2) is 5.78 Å². The lowest BCUT2D eigenvalue weighted by Crippen LogP contribution is -2.73. The first kappa shape index (κ1) is 32.8. The van der Waals surface area contributed by atoms with Gasteiger partial charge >= 0.3 is 6.09 Å². The minimum atomic E-state index is -1.32. The maximum Gasteiger partial charge on any atom is 0.407 e. The quantitative estimate of drug-likeness (QED) is 0.462. The van der Waals surface area contributed by atoms with E-state index in [-0.39, 0.29) is 53.8 Å². The van der Waals surface area contributed by atoms with Crippen LogP contribution in [0.5, 0.6) is 0 Å². The van der Waals surface area contributed by atoms with Crippen LogP contribution in [0.25, 0.3) is 0 Å². The van der Waals surface area contributed by atoms with Crippen molar-refractivity contribution in [2.75, 3.05) is 39.3 Å². The van der Waals surface area contributed by atoms with Crippen LogP contribution in [-0.4, -0.2) is 131 Å². The van der Waals surface area contributed by atoms with Crippen LogP contribution < -0.4 is 5.32 Å². The number of amides is 3. The second-order valence-corrected chi connectivity index (χ2v) is 16.1. The molecule has 6 fully saturated rings. The third-order valence-electron chi connectivity index (χ3n) is 12.1. The van der Waals surface area contributed by atoms with E-state index in [4.69, 9.17) is 9.47 Å². The smallest absolute Gasteiger partial charge is 0.407 e. The standard InChI is InChI=1S/C35H52FN5O6/c1-20(42)38-11-13-39(14-12-38)33(44)25-19-41-27-15-21-7-5-6-8-22(21)16-28(27)46-32-29(41)24(31(25)43)17-26(36)30(32)40-10-9-23(18-40)37-34(45)47-35(2,3)4/h19,21-24,26-30,32H,5-18H2,1-4H3,(H,37,45). The summed E-state index contributed by atoms with van der Waals surface area (Å²) in [6.45, 7) is 9.74. The summed E-state index contributed by atoms with van der Waals surface area (Å²) in [6, 6.07) is -1.02. The van der Waals surface area contributed by atoms with E-state index in [1.807, 2.05) is 27.0 Å². The van der Waals surface area contributed by atoms with Crippen molar-refractivity contribution in [2.45, 2.75) is 127 Å². The molecule has 3 saturated carbocycles. The van der Waals surface area contributed by atoms with E-state index in [0.29, 0.717) is 57.5 Å². The SMILES string of the molecule is CC(=O)N1CCN(C(=O)C2=CN3C4CC5CCCCC5CC4OC4C(N5CCC(NC(=O)OC(C)(C)C)C5)C(F)CC(C2=O)C43)CC1. The monoisotopic (exact) mass is 657 g/mol. The number of nitrogens with zero attached hydrogens (tertiary/aromatic N) is 4. The molecule has 260 valence electrons. The maximum atomic E-state index is 16.6. The normalized spacial score (nSPS) is 39.0. The summed E-state index contributed by atoms with van der Waals surface area (Å²) in [4.78, 5) is 60.3. The van der Waals surface area contributed by atoms with Gasteiger partial charge in [-0.2, -0.15) is 0 Å². The van der Waals surface area contributed by atoms with Crippen molar-refractivity contribution in [3.8, 4) is 0 Å². The van der Waals surface area contributed by atoms with Gasteiger partial charge in [0, 0.05) is 64.4 Å². The molecule has 0 bridgehead atoms. The second-order valence-electron chi connectivity index (χ2n) is 16.1. The maximum absolute atomic E-state index is 16.6. The zero-order valence-electron chi connectivity index (χ0n) is 28.4. The van der Waals surface area contributed by atoms with Crippen LogP contribution in [0.2, 0.25) is 0 Å². The van der Waals surface area contributed by atoms with Crippen molar-refractivity contribution in [3.63, 3.8) is 0 Å². The van der Waals surface area contributed by atoms with Crippen LogP contribution in [0, 0.1) is 17.8 Å². The number of ketones is 1. The zero-order chi connectivity index (χ0) is 33.2. The molecule has 3 aliphatic carbocycles. The van der Waals surface area contributed by atoms with Crippen LogP contribution in [-0.2, 0) is 23.9 Å². The van der Waals surface area contributed by atoms with Crippen molar-refractivity contribution in [1.29, 1.82) is 0 Å². The number of ether oxygens (including phenoxy) is 2. The van der Waals surface area contributed by atoms with Gasteiger partial charge in [0.1, 0.15) is 11.8 Å². The highest BCUT2D eigenvalue weighted by molar-refractivity contribution is 6.20. The highest BCUT2D eigenvalue weighted by atomic mass is 19.1. The molecule has 11 nitrogen and oxygen atoms in total. The number of rotatable bonds is 3. The number of carbonyl (C=O) groups is 4. The van der Waals surface area contributed by atoms with Gasteiger partial charge in [-0.15, -0.1) is 0 Å². The van der Waals surface area contributed by atoms with Gasteiger partial charge in [-0.1, -0.05) is 25.7 Å². The van der Waals surface area contributed by atoms with E-state index in [1.54, 1.807) is 9.80 Å². The topological polar surface area (TPSA) is 112 Å². The molecule has 12 heteroatoms. The molecule has 0 radical (unpaired) electrons. The molecular weight excluding hydrogens is 605 g/mol. The number of alkyl halides is 1. The lowest BCUT2D eigenvalue weighted by Gasteiger charge is -2.61. The molecule has 10 unspecified atom stereocenters. The van der Waals surface area contributed by atoms with E-state index in [1.165, 1.54) is 32.6 Å². The summed E-state index contributed by atoms with van der Waals surface area (Å²) in [5.74, 6) is -0.0976. The van der Waals surface area contributed by atoms with E-state index in [2.05, 4.69) is 15.1 Å². The third-order valence-corrected chi connectivity index (χ3v) is 12.1. The molecule has 0 spiro atoms. The Hall–Kier alpha value is -2.73. The molecule has 3 amide bonds. The number of nitrogens with one attached hydrogen (secondary N) is 1. The minimum absolute atomic E-state index is 0.0210. The number of hydrogen-bond acceptors (Lipinski definition) is 8. The predicted molar refractivity (Wildman–Crippen MR) is 171 cm³/mol. The Bertz CT molecular complexity index is 1300. The molecule has 7 aliphatic rings. The summed E-state index contributed by atoms with van der Waals surface area (Å²) >= 11 is 0. The van der Waals surface area contributed by atoms with Crippen molar-refractivity contribution in [2.24, 2.45) is 17.8 Å². The molecular formula is C35H52FN5O6. The first-order valence-electron chi connectivity index (χ1n) is 18.0. The number of Topliss-reactive ketones (excluding diaryl/α,β-unsaturated/α-hetero) is 1. The van der Waals surface area contributed by atoms with Crippen molar-refractivity contribution in [3.05, 3.63) is 11.8 Å². The Labute approximate surface area is 277 Å². The minimum Gasteiger partial charge on any atom is -0.444 e. The molecule has 0 aromatic rings. The zero-order valence-corrected chi connectivity index (χ0v) is 28.4. The highest BCUT2D eigenvalue weighted by Crippen LogP contribution is 2.51. The van der Waals surface area contributed by atoms with Gasteiger partial charge in [0.05, 0.1) is 35.9 Å². The average molecular weight is 658 g/mol. The number of likely N-dealkylation sites (tertiary alicyclic amines) is 1. The molecule has 4 heterocycles. The van der Waals surface area contributed by atoms with Crippen LogP contribution in [0.1, 0.15) is 79.1 Å². The average Bonchev–Trinajstić information content (AvgIpc) is 3.47. The van der Waals surface area contributed by atoms with Gasteiger partial charge in [-0.05, 0) is 58.3 Å². The van der Waals surface area contributed by atoms with Gasteiger partial charge in [-0.3, -0.25) is 19.3 Å². The third kappa shape index (κ3) is 6.29. The second kappa shape index (κ2) is 12.6. The van der Waals surface area contributed by atoms with E-state index in [0.717, 1.165) is 12.8 Å². The van der Waals surface area contributed by atoms with Crippen LogP contribution in [0.15, 0.2) is 11.8 Å². The molecule has 1 N–H and O–H groups in total. The fourth-order valence-corrected chi connectivity index (χ4v) is 9.90. The van der Waals surface area contributed by atoms with E-state index >= 15 is 4.39 Å². The first-order valence-corrected chi connectivity index (χ1v) is 18.0. The molecule has 3 saturated heterocycles. The Kier molecular flexibility index (Phi) is 8.81. The highest BCUT2D eigenvalue weighted by Gasteiger charge is 2.61. The predicted octanol–water partition coefficient (Wildman–Crippen LogP) is 2.88. The summed E-state index contributed by atoms with van der Waals surface area (Å²) in [5.41, 5.74) is -0.455. The Morgan fingerprint density at radius 3 is 2.30 bits per heavy atom. The number of carbonyl (C=O) groups excluding carboxylic acids is 4. The number of fused-ring (bicyclic) bond motifs is 3. The van der Waals surface area contributed by atoms with Crippen molar-refractivity contribution < 1.29 is 33.0 Å². The molecule has 4 aliphatic heterocycles. The van der Waals surface area contributed by atoms with Crippen molar-refractivity contribution in [1.82, 2.24) is 24.9 Å². The van der Waals surface area contributed by atoms with E-state index in [9.17, 15) is 19.2 Å².